The van der Waals surface area contributed by atoms with Gasteiger partial charge < -0.3 is 9.47 Å². The number of ether oxygens (including phenoxy) is 2. The summed E-state index contributed by atoms with van der Waals surface area (Å²) in [5, 5.41) is 0. The van der Waals surface area contributed by atoms with Crippen LogP contribution >= 0.6 is 22.9 Å². The van der Waals surface area contributed by atoms with Gasteiger partial charge in [0.05, 0.1) is 17.6 Å². The molecule has 8 heteroatoms. The predicted octanol–water partition coefficient (Wildman–Crippen LogP) is 4.24. The molecule has 0 aliphatic carbocycles. The van der Waals surface area contributed by atoms with Crippen molar-refractivity contribution in [3.05, 3.63) is 40.2 Å². The van der Waals surface area contributed by atoms with Gasteiger partial charge in [0.25, 0.3) is 10.0 Å². The molecule has 0 saturated heterocycles. The lowest BCUT2D eigenvalue weighted by Crippen LogP contribution is -2.31. The summed E-state index contributed by atoms with van der Waals surface area (Å²) in [5.41, 5.74) is 0.838. The molecule has 0 bridgehead atoms. The van der Waals surface area contributed by atoms with Crippen LogP contribution in [0.3, 0.4) is 0 Å². The molecular formula is C17H20ClNO4S2. The highest BCUT2D eigenvalue weighted by molar-refractivity contribution is 7.91. The second kappa shape index (κ2) is 7.53. The van der Waals surface area contributed by atoms with Crippen molar-refractivity contribution in [2.75, 3.05) is 13.2 Å². The molecular weight excluding hydrogens is 382 g/mol. The molecule has 0 unspecified atom stereocenters. The van der Waals surface area contributed by atoms with Crippen molar-refractivity contribution in [2.45, 2.75) is 30.5 Å². The monoisotopic (exact) mass is 401 g/mol. The van der Waals surface area contributed by atoms with Crippen molar-refractivity contribution in [3.8, 4) is 11.5 Å². The van der Waals surface area contributed by atoms with Gasteiger partial charge in [0.1, 0.15) is 4.21 Å². The Morgan fingerprint density at radius 3 is 2.48 bits per heavy atom. The molecule has 0 amide bonds. The summed E-state index contributed by atoms with van der Waals surface area (Å²) in [6.45, 7) is 5.14. The molecule has 1 atom stereocenters. The standard InChI is InChI=1S/C17H20ClNO4S2/c1-11(2)17(19-25(20,21)16-7-6-15(18)24-16)12-4-5-13-14(10-12)23-9-3-8-22-13/h4-7,10-11,17,19H,3,8-9H2,1-2H3/t17-/m0/s1. The largest absolute Gasteiger partial charge is 0.490 e. The van der Waals surface area contributed by atoms with Crippen molar-refractivity contribution >= 4 is 33.0 Å². The Bertz CT molecular complexity index is 848. The van der Waals surface area contributed by atoms with E-state index in [0.717, 1.165) is 23.3 Å². The normalized spacial score (nSPS) is 15.8. The molecule has 0 spiro atoms. The van der Waals surface area contributed by atoms with E-state index in [1.807, 2.05) is 32.0 Å². The number of halogens is 1. The quantitative estimate of drug-likeness (QED) is 0.813. The molecule has 2 heterocycles. The fourth-order valence-corrected chi connectivity index (χ4v) is 5.50. The third-order valence-electron chi connectivity index (χ3n) is 3.89. The minimum absolute atomic E-state index is 0.0509. The van der Waals surface area contributed by atoms with Crippen LogP contribution in [-0.4, -0.2) is 21.6 Å². The number of rotatable bonds is 5. The number of sulfonamides is 1. The van der Waals surface area contributed by atoms with Gasteiger partial charge in [0, 0.05) is 12.5 Å². The van der Waals surface area contributed by atoms with Gasteiger partial charge in [-0.1, -0.05) is 31.5 Å². The van der Waals surface area contributed by atoms with E-state index in [1.54, 1.807) is 6.07 Å². The molecule has 0 saturated carbocycles. The molecule has 0 radical (unpaired) electrons. The molecule has 5 nitrogen and oxygen atoms in total. The van der Waals surface area contributed by atoms with E-state index >= 15 is 0 Å². The number of fused-ring (bicyclic) bond motifs is 1. The molecule has 1 aromatic heterocycles. The summed E-state index contributed by atoms with van der Waals surface area (Å²) in [4.78, 5) is 0. The minimum atomic E-state index is -3.65. The lowest BCUT2D eigenvalue weighted by Gasteiger charge is -2.23. The van der Waals surface area contributed by atoms with E-state index in [9.17, 15) is 8.42 Å². The lowest BCUT2D eigenvalue weighted by atomic mass is 9.97. The number of hydrogen-bond donors (Lipinski definition) is 1. The van der Waals surface area contributed by atoms with Gasteiger partial charge in [-0.2, -0.15) is 0 Å². The predicted molar refractivity (Wildman–Crippen MR) is 99.3 cm³/mol. The van der Waals surface area contributed by atoms with Crippen LogP contribution < -0.4 is 14.2 Å². The Hall–Kier alpha value is -1.28. The second-order valence-corrected chi connectivity index (χ2v) is 9.81. The van der Waals surface area contributed by atoms with Crippen LogP contribution in [0.15, 0.2) is 34.5 Å². The van der Waals surface area contributed by atoms with Gasteiger partial charge >= 0.3 is 0 Å². The van der Waals surface area contributed by atoms with Crippen LogP contribution in [-0.2, 0) is 10.0 Å². The number of nitrogens with one attached hydrogen (secondary N) is 1. The number of benzene rings is 1. The summed E-state index contributed by atoms with van der Waals surface area (Å²) < 4.78 is 40.1. The first-order chi connectivity index (χ1) is 11.9. The number of thiophene rings is 1. The zero-order valence-electron chi connectivity index (χ0n) is 14.0. The summed E-state index contributed by atoms with van der Waals surface area (Å²) in [7, 11) is -3.65. The first-order valence-corrected chi connectivity index (χ1v) is 10.7. The summed E-state index contributed by atoms with van der Waals surface area (Å²) in [6, 6.07) is 8.28. The van der Waals surface area contributed by atoms with Gasteiger partial charge in [-0.25, -0.2) is 13.1 Å². The Kier molecular flexibility index (Phi) is 5.58. The SMILES string of the molecule is CC(C)[C@H](NS(=O)(=O)c1ccc(Cl)s1)c1ccc2c(c1)OCCCO2. The molecule has 25 heavy (non-hydrogen) atoms. The first-order valence-electron chi connectivity index (χ1n) is 8.04. The third-order valence-corrected chi connectivity index (χ3v) is 7.06. The topological polar surface area (TPSA) is 64.6 Å². The zero-order chi connectivity index (χ0) is 18.0. The van der Waals surface area contributed by atoms with Gasteiger partial charge in [0.15, 0.2) is 11.5 Å². The zero-order valence-corrected chi connectivity index (χ0v) is 16.4. The Labute approximate surface area is 157 Å². The van der Waals surface area contributed by atoms with Crippen molar-refractivity contribution in [1.82, 2.24) is 4.72 Å². The average molecular weight is 402 g/mol. The maximum absolute atomic E-state index is 12.7. The van der Waals surface area contributed by atoms with E-state index in [1.165, 1.54) is 6.07 Å². The van der Waals surface area contributed by atoms with Crippen LogP contribution in [0, 0.1) is 5.92 Å². The van der Waals surface area contributed by atoms with E-state index in [4.69, 9.17) is 21.1 Å². The maximum Gasteiger partial charge on any atom is 0.250 e. The highest BCUT2D eigenvalue weighted by Crippen LogP contribution is 2.35. The van der Waals surface area contributed by atoms with Gasteiger partial charge in [-0.05, 0) is 35.7 Å². The van der Waals surface area contributed by atoms with Gasteiger partial charge in [0.2, 0.25) is 0 Å². The van der Waals surface area contributed by atoms with E-state index in [2.05, 4.69) is 4.72 Å². The van der Waals surface area contributed by atoms with Crippen LogP contribution in [0.2, 0.25) is 4.34 Å². The second-order valence-electron chi connectivity index (χ2n) is 6.16. The van der Waals surface area contributed by atoms with Crippen LogP contribution in [0.25, 0.3) is 0 Å². The molecule has 0 fully saturated rings. The van der Waals surface area contributed by atoms with Crippen molar-refractivity contribution in [2.24, 2.45) is 5.92 Å². The van der Waals surface area contributed by atoms with Crippen LogP contribution in [0.4, 0.5) is 0 Å². The Balaban J connectivity index is 1.90. The van der Waals surface area contributed by atoms with E-state index < -0.39 is 10.0 Å². The number of hydrogen-bond acceptors (Lipinski definition) is 5. The molecule has 1 N–H and O–H groups in total. The van der Waals surface area contributed by atoms with E-state index in [0.29, 0.717) is 29.0 Å². The first kappa shape index (κ1) is 18.5. The molecule has 1 aromatic carbocycles. The fraction of sp³-hybridized carbons (Fsp3) is 0.412. The van der Waals surface area contributed by atoms with E-state index in [-0.39, 0.29) is 16.2 Å². The Morgan fingerprint density at radius 2 is 1.84 bits per heavy atom. The van der Waals surface area contributed by atoms with Gasteiger partial charge in [-0.15, -0.1) is 11.3 Å². The summed E-state index contributed by atoms with van der Waals surface area (Å²) in [6.07, 6.45) is 0.823. The molecule has 136 valence electrons. The fourth-order valence-electron chi connectivity index (χ4n) is 2.63. The maximum atomic E-state index is 12.7. The average Bonchev–Trinajstić information content (AvgIpc) is 2.87. The highest BCUT2D eigenvalue weighted by Gasteiger charge is 2.26. The smallest absolute Gasteiger partial charge is 0.250 e. The van der Waals surface area contributed by atoms with Crippen molar-refractivity contribution in [1.29, 1.82) is 0 Å². The molecule has 2 aromatic rings. The van der Waals surface area contributed by atoms with Crippen LogP contribution in [0.1, 0.15) is 31.9 Å². The highest BCUT2D eigenvalue weighted by atomic mass is 35.5. The van der Waals surface area contributed by atoms with Gasteiger partial charge in [-0.3, -0.25) is 0 Å². The van der Waals surface area contributed by atoms with Crippen molar-refractivity contribution < 1.29 is 17.9 Å². The van der Waals surface area contributed by atoms with Crippen molar-refractivity contribution in [3.63, 3.8) is 0 Å². The minimum Gasteiger partial charge on any atom is -0.490 e. The third kappa shape index (κ3) is 4.28. The molecule has 1 aliphatic rings. The molecule has 1 aliphatic heterocycles. The molecule has 3 rings (SSSR count). The summed E-state index contributed by atoms with van der Waals surface area (Å²) in [5.74, 6) is 1.39. The van der Waals surface area contributed by atoms with Crippen LogP contribution in [0.5, 0.6) is 11.5 Å². The lowest BCUT2D eigenvalue weighted by molar-refractivity contribution is 0.297. The summed E-state index contributed by atoms with van der Waals surface area (Å²) >= 11 is 6.91. The Morgan fingerprint density at radius 1 is 1.12 bits per heavy atom.